The molecule has 0 spiro atoms. The smallest absolute Gasteiger partial charge is 0.291 e. The maximum absolute atomic E-state index is 12.4. The number of nitrogens with zero attached hydrogens (tertiary/aromatic N) is 3. The van der Waals surface area contributed by atoms with Crippen LogP contribution in [-0.2, 0) is 7.05 Å². The maximum Gasteiger partial charge on any atom is 0.291 e. The van der Waals surface area contributed by atoms with Crippen molar-refractivity contribution in [1.29, 1.82) is 0 Å². The molecule has 0 aliphatic carbocycles. The third kappa shape index (κ3) is 2.46. The monoisotopic (exact) mass is 384 g/mol. The Morgan fingerprint density at radius 2 is 2.12 bits per heavy atom. The molecule has 1 aromatic carbocycles. The lowest BCUT2D eigenvalue weighted by Crippen LogP contribution is -2.11. The summed E-state index contributed by atoms with van der Waals surface area (Å²) in [7, 11) is 1.84. The molecular weight excluding hydrogens is 372 g/mol. The predicted octanol–water partition coefficient (Wildman–Crippen LogP) is 4.04. The second-order valence-corrected chi connectivity index (χ2v) is 6.47. The maximum atomic E-state index is 12.4. The molecule has 0 aliphatic rings. The number of pyridine rings is 1. The van der Waals surface area contributed by atoms with E-state index in [-0.39, 0.29) is 11.7 Å². The number of carbonyl (C=O) groups is 1. The molecule has 7 heteroatoms. The van der Waals surface area contributed by atoms with Gasteiger partial charge in [-0.05, 0) is 37.3 Å². The van der Waals surface area contributed by atoms with Crippen LogP contribution in [0.15, 0.2) is 45.4 Å². The van der Waals surface area contributed by atoms with Gasteiger partial charge in [0, 0.05) is 22.3 Å². The summed E-state index contributed by atoms with van der Waals surface area (Å²) in [5.41, 5.74) is 2.91. The van der Waals surface area contributed by atoms with E-state index in [2.05, 4.69) is 31.3 Å². The summed E-state index contributed by atoms with van der Waals surface area (Å²) in [6.07, 6.45) is 1.61. The highest BCUT2D eigenvalue weighted by molar-refractivity contribution is 9.10. The first kappa shape index (κ1) is 14.9. The first-order chi connectivity index (χ1) is 11.5. The fourth-order valence-corrected chi connectivity index (χ4v) is 3.07. The summed E-state index contributed by atoms with van der Waals surface area (Å²) in [4.78, 5) is 16.8. The Morgan fingerprint density at radius 3 is 2.96 bits per heavy atom. The number of furan rings is 1. The van der Waals surface area contributed by atoms with E-state index in [1.54, 1.807) is 16.9 Å². The molecule has 4 rings (SSSR count). The van der Waals surface area contributed by atoms with Crippen molar-refractivity contribution in [2.45, 2.75) is 6.92 Å². The quantitative estimate of drug-likeness (QED) is 0.565. The summed E-state index contributed by atoms with van der Waals surface area (Å²) < 4.78 is 8.25. The van der Waals surface area contributed by atoms with Gasteiger partial charge in [0.1, 0.15) is 5.58 Å². The molecule has 120 valence electrons. The van der Waals surface area contributed by atoms with Crippen LogP contribution in [0.5, 0.6) is 0 Å². The van der Waals surface area contributed by atoms with Gasteiger partial charge >= 0.3 is 0 Å². The Bertz CT molecular complexity index is 1100. The van der Waals surface area contributed by atoms with Crippen molar-refractivity contribution in [3.63, 3.8) is 0 Å². The molecule has 24 heavy (non-hydrogen) atoms. The van der Waals surface area contributed by atoms with E-state index in [9.17, 15) is 4.79 Å². The van der Waals surface area contributed by atoms with Crippen LogP contribution in [-0.4, -0.2) is 20.7 Å². The number of carbonyl (C=O) groups excluding carboxylic acids is 1. The highest BCUT2D eigenvalue weighted by Crippen LogP contribution is 2.24. The molecule has 0 aliphatic heterocycles. The first-order valence-electron chi connectivity index (χ1n) is 7.31. The molecule has 3 heterocycles. The van der Waals surface area contributed by atoms with Gasteiger partial charge in [0.15, 0.2) is 11.4 Å². The highest BCUT2D eigenvalue weighted by Gasteiger charge is 2.14. The molecule has 0 atom stereocenters. The van der Waals surface area contributed by atoms with Crippen LogP contribution in [0, 0.1) is 6.92 Å². The third-order valence-corrected chi connectivity index (χ3v) is 4.32. The second-order valence-electron chi connectivity index (χ2n) is 5.55. The van der Waals surface area contributed by atoms with Gasteiger partial charge in [0.25, 0.3) is 5.91 Å². The van der Waals surface area contributed by atoms with Crippen molar-refractivity contribution < 1.29 is 9.21 Å². The second kappa shape index (κ2) is 5.45. The molecule has 3 aromatic heterocycles. The summed E-state index contributed by atoms with van der Waals surface area (Å²) in [5.74, 6) is -0.0591. The molecule has 4 aromatic rings. The van der Waals surface area contributed by atoms with Gasteiger partial charge in [-0.25, -0.2) is 4.98 Å². The molecule has 6 nitrogen and oxygen atoms in total. The number of aromatic nitrogens is 3. The normalized spacial score (nSPS) is 11.3. The van der Waals surface area contributed by atoms with Gasteiger partial charge in [-0.1, -0.05) is 15.9 Å². The van der Waals surface area contributed by atoms with Crippen LogP contribution in [0.4, 0.5) is 5.69 Å². The van der Waals surface area contributed by atoms with Crippen LogP contribution in [0.2, 0.25) is 0 Å². The number of aryl methyl sites for hydroxylation is 2. The van der Waals surface area contributed by atoms with E-state index in [1.165, 1.54) is 0 Å². The van der Waals surface area contributed by atoms with Crippen LogP contribution < -0.4 is 5.32 Å². The van der Waals surface area contributed by atoms with Crippen LogP contribution in [0.1, 0.15) is 16.2 Å². The zero-order valence-corrected chi connectivity index (χ0v) is 14.6. The van der Waals surface area contributed by atoms with Crippen LogP contribution >= 0.6 is 15.9 Å². The van der Waals surface area contributed by atoms with Gasteiger partial charge in [-0.3, -0.25) is 9.48 Å². The van der Waals surface area contributed by atoms with E-state index in [4.69, 9.17) is 4.42 Å². The van der Waals surface area contributed by atoms with E-state index in [1.807, 2.05) is 38.2 Å². The topological polar surface area (TPSA) is 73.0 Å². The van der Waals surface area contributed by atoms with E-state index < -0.39 is 0 Å². The lowest BCUT2D eigenvalue weighted by molar-refractivity contribution is 0.0998. The SMILES string of the molecule is Cc1nn(C)c2ncc(NC(=O)c3cc4cc(Br)ccc4o3)cc12. The molecule has 1 amide bonds. The minimum atomic E-state index is -0.315. The Hall–Kier alpha value is -2.67. The van der Waals surface area contributed by atoms with Gasteiger partial charge < -0.3 is 9.73 Å². The Morgan fingerprint density at radius 1 is 1.29 bits per heavy atom. The number of amides is 1. The van der Waals surface area contributed by atoms with Gasteiger partial charge in [0.2, 0.25) is 0 Å². The lowest BCUT2D eigenvalue weighted by Gasteiger charge is -2.03. The van der Waals surface area contributed by atoms with E-state index >= 15 is 0 Å². The van der Waals surface area contributed by atoms with E-state index in [0.717, 1.165) is 26.6 Å². The molecule has 0 radical (unpaired) electrons. The van der Waals surface area contributed by atoms with Crippen molar-refractivity contribution >= 4 is 49.5 Å². The average Bonchev–Trinajstić information content (AvgIpc) is 3.08. The predicted molar refractivity (Wildman–Crippen MR) is 95.1 cm³/mol. The summed E-state index contributed by atoms with van der Waals surface area (Å²) in [6, 6.07) is 9.18. The molecule has 0 bridgehead atoms. The highest BCUT2D eigenvalue weighted by atomic mass is 79.9. The zero-order valence-electron chi connectivity index (χ0n) is 13.0. The van der Waals surface area contributed by atoms with Gasteiger partial charge in [-0.2, -0.15) is 5.10 Å². The molecular formula is C17H13BrN4O2. The van der Waals surface area contributed by atoms with Crippen molar-refractivity contribution in [1.82, 2.24) is 14.8 Å². The van der Waals surface area contributed by atoms with Crippen molar-refractivity contribution in [2.24, 2.45) is 7.05 Å². The van der Waals surface area contributed by atoms with Gasteiger partial charge in [-0.15, -0.1) is 0 Å². The molecule has 1 N–H and O–H groups in total. The van der Waals surface area contributed by atoms with Gasteiger partial charge in [0.05, 0.1) is 17.6 Å². The van der Waals surface area contributed by atoms with Crippen molar-refractivity contribution in [3.05, 3.63) is 52.5 Å². The lowest BCUT2D eigenvalue weighted by atomic mass is 10.2. The molecule has 0 saturated heterocycles. The minimum Gasteiger partial charge on any atom is -0.451 e. The molecule has 0 fully saturated rings. The van der Waals surface area contributed by atoms with Crippen molar-refractivity contribution in [2.75, 3.05) is 5.32 Å². The largest absolute Gasteiger partial charge is 0.451 e. The average molecular weight is 385 g/mol. The molecule has 0 unspecified atom stereocenters. The summed E-state index contributed by atoms with van der Waals surface area (Å²) >= 11 is 3.41. The number of benzene rings is 1. The number of hydrogen-bond donors (Lipinski definition) is 1. The number of hydrogen-bond acceptors (Lipinski definition) is 4. The summed E-state index contributed by atoms with van der Waals surface area (Å²) in [5, 5.41) is 8.92. The zero-order chi connectivity index (χ0) is 16.8. The number of anilines is 1. The Labute approximate surface area is 145 Å². The number of rotatable bonds is 2. The third-order valence-electron chi connectivity index (χ3n) is 3.82. The Balaban J connectivity index is 1.66. The summed E-state index contributed by atoms with van der Waals surface area (Å²) in [6.45, 7) is 1.91. The molecule has 0 saturated carbocycles. The standard InChI is InChI=1S/C17H13BrN4O2/c1-9-13-7-12(8-19-16(13)22(2)21-9)20-17(23)15-6-10-5-11(18)3-4-14(10)24-15/h3-8H,1-2H3,(H,20,23). The fraction of sp³-hybridized carbons (Fsp3) is 0.118. The first-order valence-corrected chi connectivity index (χ1v) is 8.10. The van der Waals surface area contributed by atoms with Crippen LogP contribution in [0.25, 0.3) is 22.0 Å². The number of fused-ring (bicyclic) bond motifs is 2. The fourth-order valence-electron chi connectivity index (χ4n) is 2.70. The van der Waals surface area contributed by atoms with E-state index in [0.29, 0.717) is 11.3 Å². The Kier molecular flexibility index (Phi) is 3.38. The number of nitrogens with one attached hydrogen (secondary N) is 1. The number of halogens is 1. The minimum absolute atomic E-state index is 0.256. The van der Waals surface area contributed by atoms with Crippen LogP contribution in [0.3, 0.4) is 0 Å². The van der Waals surface area contributed by atoms with Crippen molar-refractivity contribution in [3.8, 4) is 0 Å².